The highest BCUT2D eigenvalue weighted by molar-refractivity contribution is 8.15. The van der Waals surface area contributed by atoms with Crippen LogP contribution in [0.5, 0.6) is 5.75 Å². The second-order valence-corrected chi connectivity index (χ2v) is 7.76. The van der Waals surface area contributed by atoms with Gasteiger partial charge in [0.2, 0.25) is 5.91 Å². The Morgan fingerprint density at radius 2 is 2.00 bits per heavy atom. The van der Waals surface area contributed by atoms with Gasteiger partial charge in [-0.3, -0.25) is 14.9 Å². The molecule has 6 heteroatoms. The number of nitrogens with one attached hydrogen (secondary N) is 1. The number of carbonyl (C=O) groups excluding carboxylic acids is 2. The van der Waals surface area contributed by atoms with Gasteiger partial charge in [0.1, 0.15) is 18.0 Å². The number of benzene rings is 2. The highest BCUT2D eigenvalue weighted by atomic mass is 32.2. The molecule has 0 bridgehead atoms. The average molecular weight is 369 g/mol. The standard InChI is InChI=1S/C20H19NO4S/c22-18(13-4-2-1-3-5-13)16-9-7-14-10-12(6-8-15(14)25-16)11-17-19(23)21-20(24)26-17/h1-6,8,10,16-18,22H,7,9,11H2,(H,21,23,24). The summed E-state index contributed by atoms with van der Waals surface area (Å²) >= 11 is 1.04. The first-order chi connectivity index (χ1) is 12.6. The van der Waals surface area contributed by atoms with Crippen molar-refractivity contribution in [3.63, 3.8) is 0 Å². The lowest BCUT2D eigenvalue weighted by atomic mass is 9.94. The second kappa shape index (κ2) is 7.13. The summed E-state index contributed by atoms with van der Waals surface area (Å²) in [5.74, 6) is 0.555. The number of thioether (sulfide) groups is 1. The van der Waals surface area contributed by atoms with Crippen molar-refractivity contribution in [3.8, 4) is 5.75 Å². The lowest BCUT2D eigenvalue weighted by Gasteiger charge is -2.30. The van der Waals surface area contributed by atoms with Gasteiger partial charge in [0, 0.05) is 0 Å². The quantitative estimate of drug-likeness (QED) is 0.866. The number of imide groups is 1. The maximum absolute atomic E-state index is 11.7. The number of hydrogen-bond acceptors (Lipinski definition) is 5. The third-order valence-electron chi connectivity index (χ3n) is 4.78. The molecule has 2 aromatic rings. The fourth-order valence-corrected chi connectivity index (χ4v) is 4.28. The molecule has 1 fully saturated rings. The predicted octanol–water partition coefficient (Wildman–Crippen LogP) is 3.01. The minimum absolute atomic E-state index is 0.222. The maximum Gasteiger partial charge on any atom is 0.286 e. The summed E-state index contributed by atoms with van der Waals surface area (Å²) in [6.45, 7) is 0. The number of ether oxygens (including phenoxy) is 1. The molecule has 0 aliphatic carbocycles. The molecule has 3 unspecified atom stereocenters. The fraction of sp³-hybridized carbons (Fsp3) is 0.300. The highest BCUT2D eigenvalue weighted by Crippen LogP contribution is 2.34. The summed E-state index contributed by atoms with van der Waals surface area (Å²) in [5.41, 5.74) is 2.94. The van der Waals surface area contributed by atoms with Gasteiger partial charge >= 0.3 is 0 Å². The molecule has 2 amide bonds. The van der Waals surface area contributed by atoms with Gasteiger partial charge in [-0.2, -0.15) is 0 Å². The largest absolute Gasteiger partial charge is 0.487 e. The Morgan fingerprint density at radius 1 is 1.19 bits per heavy atom. The van der Waals surface area contributed by atoms with Crippen LogP contribution < -0.4 is 10.1 Å². The molecule has 0 spiro atoms. The Morgan fingerprint density at radius 3 is 2.73 bits per heavy atom. The van der Waals surface area contributed by atoms with E-state index in [1.165, 1.54) is 0 Å². The minimum atomic E-state index is -0.659. The van der Waals surface area contributed by atoms with Crippen molar-refractivity contribution >= 4 is 22.9 Å². The highest BCUT2D eigenvalue weighted by Gasteiger charge is 2.32. The van der Waals surface area contributed by atoms with Crippen LogP contribution in [0.1, 0.15) is 29.2 Å². The van der Waals surface area contributed by atoms with Gasteiger partial charge in [-0.05, 0) is 42.0 Å². The molecule has 2 heterocycles. The molecule has 1 saturated heterocycles. The Hall–Kier alpha value is -2.31. The third-order valence-corrected chi connectivity index (χ3v) is 5.76. The van der Waals surface area contributed by atoms with Crippen molar-refractivity contribution in [1.82, 2.24) is 5.32 Å². The lowest BCUT2D eigenvalue weighted by molar-refractivity contribution is -0.118. The van der Waals surface area contributed by atoms with E-state index < -0.39 is 6.10 Å². The molecule has 26 heavy (non-hydrogen) atoms. The maximum atomic E-state index is 11.7. The van der Waals surface area contributed by atoms with Crippen molar-refractivity contribution in [3.05, 3.63) is 65.2 Å². The number of rotatable bonds is 4. The van der Waals surface area contributed by atoms with Crippen LogP contribution in [-0.4, -0.2) is 27.6 Å². The van der Waals surface area contributed by atoms with Crippen molar-refractivity contribution in [2.24, 2.45) is 0 Å². The Kier molecular flexibility index (Phi) is 4.70. The third kappa shape index (κ3) is 3.48. The normalized spacial score (nSPS) is 23.1. The van der Waals surface area contributed by atoms with Gasteiger partial charge in [-0.25, -0.2) is 0 Å². The van der Waals surface area contributed by atoms with Crippen LogP contribution >= 0.6 is 11.8 Å². The summed E-state index contributed by atoms with van der Waals surface area (Å²) in [6, 6.07) is 15.4. The first kappa shape index (κ1) is 17.1. The topological polar surface area (TPSA) is 75.6 Å². The summed E-state index contributed by atoms with van der Waals surface area (Å²) < 4.78 is 6.02. The van der Waals surface area contributed by atoms with E-state index >= 15 is 0 Å². The number of carbonyl (C=O) groups is 2. The molecular weight excluding hydrogens is 350 g/mol. The summed E-state index contributed by atoms with van der Waals surface area (Å²) in [5, 5.41) is 12.2. The van der Waals surface area contributed by atoms with Crippen LogP contribution in [0.2, 0.25) is 0 Å². The molecule has 5 nitrogen and oxygen atoms in total. The average Bonchev–Trinajstić information content (AvgIpc) is 2.98. The van der Waals surface area contributed by atoms with Gasteiger partial charge in [0.05, 0.1) is 5.25 Å². The molecule has 134 valence electrons. The van der Waals surface area contributed by atoms with E-state index in [-0.39, 0.29) is 22.5 Å². The van der Waals surface area contributed by atoms with E-state index in [1.807, 2.05) is 48.5 Å². The number of aliphatic hydroxyl groups is 1. The van der Waals surface area contributed by atoms with Gasteiger partial charge in [0.15, 0.2) is 0 Å². The Balaban J connectivity index is 1.46. The molecule has 0 aromatic heterocycles. The van der Waals surface area contributed by atoms with E-state index in [2.05, 4.69) is 5.32 Å². The fourth-order valence-electron chi connectivity index (χ4n) is 3.42. The van der Waals surface area contributed by atoms with Crippen LogP contribution in [0.25, 0.3) is 0 Å². The zero-order valence-electron chi connectivity index (χ0n) is 14.1. The molecule has 2 aliphatic heterocycles. The zero-order valence-corrected chi connectivity index (χ0v) is 14.9. The van der Waals surface area contributed by atoms with Crippen molar-refractivity contribution in [1.29, 1.82) is 0 Å². The second-order valence-electron chi connectivity index (χ2n) is 6.58. The first-order valence-electron chi connectivity index (χ1n) is 8.63. The minimum Gasteiger partial charge on any atom is -0.487 e. The number of aryl methyl sites for hydroxylation is 1. The summed E-state index contributed by atoms with van der Waals surface area (Å²) in [4.78, 5) is 23.0. The van der Waals surface area contributed by atoms with Crippen LogP contribution in [-0.2, 0) is 17.6 Å². The Bertz CT molecular complexity index is 839. The van der Waals surface area contributed by atoms with Crippen LogP contribution in [0, 0.1) is 0 Å². The number of aliphatic hydroxyl groups excluding tert-OH is 1. The number of hydrogen-bond donors (Lipinski definition) is 2. The van der Waals surface area contributed by atoms with E-state index in [1.54, 1.807) is 0 Å². The molecule has 3 atom stereocenters. The smallest absolute Gasteiger partial charge is 0.286 e. The van der Waals surface area contributed by atoms with Gasteiger partial charge in [-0.1, -0.05) is 54.2 Å². The molecule has 0 saturated carbocycles. The van der Waals surface area contributed by atoms with Crippen LogP contribution in [0.3, 0.4) is 0 Å². The Labute approximate surface area is 155 Å². The van der Waals surface area contributed by atoms with Crippen LogP contribution in [0.4, 0.5) is 4.79 Å². The molecule has 2 aromatic carbocycles. The van der Waals surface area contributed by atoms with Gasteiger partial charge < -0.3 is 9.84 Å². The van der Waals surface area contributed by atoms with E-state index in [9.17, 15) is 14.7 Å². The molecular formula is C20H19NO4S. The predicted molar refractivity (Wildman–Crippen MR) is 99.2 cm³/mol. The summed E-state index contributed by atoms with van der Waals surface area (Å²) in [6.07, 6.45) is 1.12. The summed E-state index contributed by atoms with van der Waals surface area (Å²) in [7, 11) is 0. The molecule has 0 radical (unpaired) electrons. The van der Waals surface area contributed by atoms with Crippen molar-refractivity contribution in [2.75, 3.05) is 0 Å². The zero-order chi connectivity index (χ0) is 18.1. The monoisotopic (exact) mass is 369 g/mol. The van der Waals surface area contributed by atoms with Crippen molar-refractivity contribution < 1.29 is 19.4 Å². The molecule has 4 rings (SSSR count). The number of fused-ring (bicyclic) bond motifs is 1. The van der Waals surface area contributed by atoms with Gasteiger partial charge in [0.25, 0.3) is 5.24 Å². The molecule has 2 aliphatic rings. The van der Waals surface area contributed by atoms with Crippen LogP contribution in [0.15, 0.2) is 48.5 Å². The van der Waals surface area contributed by atoms with Crippen molar-refractivity contribution in [2.45, 2.75) is 36.7 Å². The van der Waals surface area contributed by atoms with E-state index in [0.29, 0.717) is 6.42 Å². The van der Waals surface area contributed by atoms with E-state index in [4.69, 9.17) is 4.74 Å². The number of amides is 2. The van der Waals surface area contributed by atoms with E-state index in [0.717, 1.165) is 47.0 Å². The molecule has 2 N–H and O–H groups in total. The lowest BCUT2D eigenvalue weighted by Crippen LogP contribution is -2.29. The van der Waals surface area contributed by atoms with Gasteiger partial charge in [-0.15, -0.1) is 0 Å². The SMILES string of the molecule is O=C1NC(=O)C(Cc2ccc3c(c2)CCC(C(O)c2ccccc2)O3)S1. The first-order valence-corrected chi connectivity index (χ1v) is 9.51.